The van der Waals surface area contributed by atoms with Crippen LogP contribution in [0.1, 0.15) is 25.7 Å². The molecule has 6 heteroatoms. The highest BCUT2D eigenvalue weighted by Crippen LogP contribution is 2.29. The molecule has 0 spiro atoms. The first-order valence-electron chi connectivity index (χ1n) is 5.42. The van der Waals surface area contributed by atoms with E-state index in [1.807, 2.05) is 0 Å². The normalized spacial score (nSPS) is 17.3. The molecule has 0 saturated heterocycles. The third-order valence-corrected chi connectivity index (χ3v) is 4.49. The third-order valence-electron chi connectivity index (χ3n) is 2.49. The van der Waals surface area contributed by atoms with Crippen molar-refractivity contribution >= 4 is 10.0 Å². The summed E-state index contributed by atoms with van der Waals surface area (Å²) in [6, 6.07) is 0.139. The predicted octanol–water partition coefficient (Wildman–Crippen LogP) is -0.488. The van der Waals surface area contributed by atoms with E-state index in [9.17, 15) is 8.42 Å². The zero-order valence-corrected chi connectivity index (χ0v) is 9.75. The summed E-state index contributed by atoms with van der Waals surface area (Å²) in [6.45, 7) is 0.654. The van der Waals surface area contributed by atoms with E-state index in [1.165, 1.54) is 4.31 Å². The minimum atomic E-state index is -3.18. The Morgan fingerprint density at radius 1 is 1.33 bits per heavy atom. The first kappa shape index (κ1) is 12.9. The molecule has 0 amide bonds. The molecule has 5 nitrogen and oxygen atoms in total. The summed E-state index contributed by atoms with van der Waals surface area (Å²) in [7, 11) is -3.18. The van der Waals surface area contributed by atoms with E-state index in [1.54, 1.807) is 0 Å². The fourth-order valence-electron chi connectivity index (χ4n) is 1.56. The first-order valence-corrected chi connectivity index (χ1v) is 7.03. The number of hydrogen-bond donors (Lipinski definition) is 2. The van der Waals surface area contributed by atoms with Crippen LogP contribution in [0.4, 0.5) is 0 Å². The maximum absolute atomic E-state index is 11.9. The molecule has 1 aliphatic carbocycles. The monoisotopic (exact) mass is 236 g/mol. The Balaban J connectivity index is 2.48. The second-order valence-corrected chi connectivity index (χ2v) is 5.92. The lowest BCUT2D eigenvalue weighted by Gasteiger charge is -2.20. The highest BCUT2D eigenvalue weighted by atomic mass is 32.2. The minimum Gasteiger partial charge on any atom is -0.395 e. The van der Waals surface area contributed by atoms with Crippen molar-refractivity contribution in [2.75, 3.05) is 25.4 Å². The molecule has 1 aliphatic rings. The van der Waals surface area contributed by atoms with Gasteiger partial charge in [0.2, 0.25) is 10.0 Å². The van der Waals surface area contributed by atoms with Crippen LogP contribution < -0.4 is 5.73 Å². The number of aliphatic hydroxyl groups excluding tert-OH is 1. The minimum absolute atomic E-state index is 0.105. The van der Waals surface area contributed by atoms with E-state index >= 15 is 0 Å². The molecule has 1 fully saturated rings. The molecule has 0 aromatic heterocycles. The number of hydrogen-bond acceptors (Lipinski definition) is 4. The second kappa shape index (κ2) is 5.79. The van der Waals surface area contributed by atoms with E-state index in [0.29, 0.717) is 13.0 Å². The molecule has 15 heavy (non-hydrogen) atoms. The van der Waals surface area contributed by atoms with Gasteiger partial charge < -0.3 is 10.8 Å². The molecule has 0 atom stereocenters. The summed E-state index contributed by atoms with van der Waals surface area (Å²) in [4.78, 5) is 0. The average molecular weight is 236 g/mol. The zero-order valence-electron chi connectivity index (χ0n) is 8.93. The van der Waals surface area contributed by atoms with Gasteiger partial charge in [-0.25, -0.2) is 8.42 Å². The smallest absolute Gasteiger partial charge is 0.214 e. The van der Waals surface area contributed by atoms with Gasteiger partial charge in [0.05, 0.1) is 12.4 Å². The highest BCUT2D eigenvalue weighted by molar-refractivity contribution is 7.89. The van der Waals surface area contributed by atoms with Crippen LogP contribution in [0.15, 0.2) is 0 Å². The van der Waals surface area contributed by atoms with Crippen molar-refractivity contribution in [1.29, 1.82) is 0 Å². The van der Waals surface area contributed by atoms with Crippen molar-refractivity contribution in [3.8, 4) is 0 Å². The van der Waals surface area contributed by atoms with E-state index in [0.717, 1.165) is 19.3 Å². The van der Waals surface area contributed by atoms with Crippen molar-refractivity contribution in [2.45, 2.75) is 31.7 Å². The molecule has 0 aromatic carbocycles. The zero-order chi connectivity index (χ0) is 11.3. The lowest BCUT2D eigenvalue weighted by molar-refractivity contribution is 0.250. The average Bonchev–Trinajstić information content (AvgIpc) is 2.97. The molecule has 90 valence electrons. The largest absolute Gasteiger partial charge is 0.395 e. The standard InChI is InChI=1S/C9H20N2O3S/c10-5-1-2-8-15(13,14)11(6-7-12)9-3-4-9/h9,12H,1-8,10H2. The fraction of sp³-hybridized carbons (Fsp3) is 1.00. The van der Waals surface area contributed by atoms with Crippen LogP contribution in [0.2, 0.25) is 0 Å². The molecule has 0 aromatic rings. The third kappa shape index (κ3) is 4.06. The maximum atomic E-state index is 11.9. The van der Waals surface area contributed by atoms with Gasteiger partial charge in [0.25, 0.3) is 0 Å². The molecular formula is C9H20N2O3S. The molecule has 0 heterocycles. The van der Waals surface area contributed by atoms with Gasteiger partial charge in [-0.1, -0.05) is 0 Å². The Labute approximate surface area is 91.3 Å². The summed E-state index contributed by atoms with van der Waals surface area (Å²) in [6.07, 6.45) is 3.19. The Bertz CT molecular complexity index is 275. The molecular weight excluding hydrogens is 216 g/mol. The van der Waals surface area contributed by atoms with Crippen LogP contribution in [-0.2, 0) is 10.0 Å². The highest BCUT2D eigenvalue weighted by Gasteiger charge is 2.36. The van der Waals surface area contributed by atoms with Crippen molar-refractivity contribution in [3.63, 3.8) is 0 Å². The van der Waals surface area contributed by atoms with E-state index in [4.69, 9.17) is 10.8 Å². The van der Waals surface area contributed by atoms with Crippen LogP contribution in [0.3, 0.4) is 0 Å². The number of rotatable bonds is 8. The second-order valence-electron chi connectivity index (χ2n) is 3.88. The van der Waals surface area contributed by atoms with Gasteiger partial charge in [-0.2, -0.15) is 4.31 Å². The molecule has 1 rings (SSSR count). The number of nitrogens with zero attached hydrogens (tertiary/aromatic N) is 1. The number of sulfonamides is 1. The molecule has 0 radical (unpaired) electrons. The van der Waals surface area contributed by atoms with Crippen LogP contribution >= 0.6 is 0 Å². The number of aliphatic hydroxyl groups is 1. The summed E-state index contributed by atoms with van der Waals surface area (Å²) < 4.78 is 25.1. The van der Waals surface area contributed by atoms with Gasteiger partial charge in [-0.3, -0.25) is 0 Å². The van der Waals surface area contributed by atoms with Crippen LogP contribution in [-0.4, -0.2) is 49.3 Å². The Kier molecular flexibility index (Phi) is 4.98. The Morgan fingerprint density at radius 3 is 2.47 bits per heavy atom. The van der Waals surface area contributed by atoms with E-state index in [-0.39, 0.29) is 24.9 Å². The summed E-state index contributed by atoms with van der Waals surface area (Å²) in [5, 5.41) is 8.82. The Hall–Kier alpha value is -0.170. The van der Waals surface area contributed by atoms with Gasteiger partial charge in [0, 0.05) is 12.6 Å². The van der Waals surface area contributed by atoms with Crippen molar-refractivity contribution in [2.24, 2.45) is 5.73 Å². The number of unbranched alkanes of at least 4 members (excludes halogenated alkanes) is 1. The van der Waals surface area contributed by atoms with Gasteiger partial charge in [0.15, 0.2) is 0 Å². The van der Waals surface area contributed by atoms with Crippen LogP contribution in [0, 0.1) is 0 Å². The van der Waals surface area contributed by atoms with E-state index < -0.39 is 10.0 Å². The first-order chi connectivity index (χ1) is 7.11. The van der Waals surface area contributed by atoms with Gasteiger partial charge >= 0.3 is 0 Å². The van der Waals surface area contributed by atoms with Crippen LogP contribution in [0.5, 0.6) is 0 Å². The molecule has 0 bridgehead atoms. The van der Waals surface area contributed by atoms with Gasteiger partial charge in [-0.15, -0.1) is 0 Å². The van der Waals surface area contributed by atoms with Gasteiger partial charge in [0.1, 0.15) is 0 Å². The van der Waals surface area contributed by atoms with Crippen molar-refractivity contribution in [3.05, 3.63) is 0 Å². The van der Waals surface area contributed by atoms with Crippen molar-refractivity contribution < 1.29 is 13.5 Å². The van der Waals surface area contributed by atoms with Crippen LogP contribution in [0.25, 0.3) is 0 Å². The molecule has 3 N–H and O–H groups in total. The summed E-state index contributed by atoms with van der Waals surface area (Å²) in [5.41, 5.74) is 5.32. The fourth-order valence-corrected chi connectivity index (χ4v) is 3.38. The lowest BCUT2D eigenvalue weighted by atomic mass is 10.3. The topological polar surface area (TPSA) is 83.6 Å². The SMILES string of the molecule is NCCCCS(=O)(=O)N(CCO)C1CC1. The molecule has 1 saturated carbocycles. The summed E-state index contributed by atoms with van der Waals surface area (Å²) >= 11 is 0. The maximum Gasteiger partial charge on any atom is 0.214 e. The van der Waals surface area contributed by atoms with Gasteiger partial charge in [-0.05, 0) is 32.2 Å². The molecule has 0 unspecified atom stereocenters. The Morgan fingerprint density at radius 2 is 2.00 bits per heavy atom. The predicted molar refractivity (Wildman–Crippen MR) is 58.9 cm³/mol. The van der Waals surface area contributed by atoms with E-state index in [2.05, 4.69) is 0 Å². The number of nitrogens with two attached hydrogens (primary N) is 1. The quantitative estimate of drug-likeness (QED) is 0.557. The van der Waals surface area contributed by atoms with Crippen molar-refractivity contribution in [1.82, 2.24) is 4.31 Å². The summed E-state index contributed by atoms with van der Waals surface area (Å²) in [5.74, 6) is 0.153. The molecule has 0 aliphatic heterocycles. The lowest BCUT2D eigenvalue weighted by Crippen LogP contribution is -2.37.